The number of hydrogen-bond acceptors (Lipinski definition) is 3. The Morgan fingerprint density at radius 3 is 2.42 bits per heavy atom. The summed E-state index contributed by atoms with van der Waals surface area (Å²) in [7, 11) is 0. The molecule has 1 heterocycles. The average molecular weight is 454 g/mol. The van der Waals surface area contributed by atoms with E-state index in [1.165, 1.54) is 47.0 Å². The first-order valence-electron chi connectivity index (χ1n) is 9.72. The molecule has 2 aromatic carbocycles. The molecular weight excluding hydrogens is 432 g/mol. The molecule has 0 radical (unpaired) electrons. The molecule has 0 aliphatic carbocycles. The topological polar surface area (TPSA) is 49.4 Å². The van der Waals surface area contributed by atoms with Crippen LogP contribution in [0.25, 0.3) is 0 Å². The van der Waals surface area contributed by atoms with Crippen LogP contribution in [-0.2, 0) is 11.0 Å². The zero-order valence-electron chi connectivity index (χ0n) is 16.9. The van der Waals surface area contributed by atoms with Crippen LogP contribution in [0.4, 0.5) is 17.6 Å². The van der Waals surface area contributed by atoms with Crippen LogP contribution in [0.5, 0.6) is 0 Å². The van der Waals surface area contributed by atoms with E-state index in [1.54, 1.807) is 0 Å². The first kappa shape index (κ1) is 23.1. The average Bonchev–Trinajstić information content (AvgIpc) is 3.16. The van der Waals surface area contributed by atoms with E-state index >= 15 is 0 Å². The Bertz CT molecular complexity index is 947. The number of carbonyl (C=O) groups is 2. The highest BCUT2D eigenvalue weighted by molar-refractivity contribution is 7.99. The quantitative estimate of drug-likeness (QED) is 0.656. The van der Waals surface area contributed by atoms with Crippen molar-refractivity contribution in [3.63, 3.8) is 0 Å². The maximum absolute atomic E-state index is 13.7. The Balaban J connectivity index is 1.94. The summed E-state index contributed by atoms with van der Waals surface area (Å²) in [6, 6.07) is 8.82. The lowest BCUT2D eigenvalue weighted by Crippen LogP contribution is -2.48. The van der Waals surface area contributed by atoms with Crippen molar-refractivity contribution in [1.82, 2.24) is 10.2 Å². The molecule has 2 aromatic rings. The molecule has 0 spiro atoms. The van der Waals surface area contributed by atoms with Gasteiger partial charge in [0.05, 0.1) is 5.56 Å². The Morgan fingerprint density at radius 2 is 1.84 bits per heavy atom. The molecule has 1 fully saturated rings. The molecule has 2 unspecified atom stereocenters. The molecule has 2 amide bonds. The van der Waals surface area contributed by atoms with Crippen molar-refractivity contribution in [2.45, 2.75) is 31.4 Å². The summed E-state index contributed by atoms with van der Waals surface area (Å²) in [5.41, 5.74) is -0.267. The molecule has 3 rings (SSSR count). The van der Waals surface area contributed by atoms with Gasteiger partial charge in [0.2, 0.25) is 5.91 Å². The zero-order chi connectivity index (χ0) is 22.8. The largest absolute Gasteiger partial charge is 0.416 e. The van der Waals surface area contributed by atoms with E-state index < -0.39 is 34.9 Å². The molecule has 1 N–H and O–H groups in total. The molecule has 4 nitrogen and oxygen atoms in total. The van der Waals surface area contributed by atoms with Crippen LogP contribution >= 0.6 is 11.8 Å². The third-order valence-corrected chi connectivity index (χ3v) is 6.14. The van der Waals surface area contributed by atoms with Crippen molar-refractivity contribution in [1.29, 1.82) is 0 Å². The van der Waals surface area contributed by atoms with E-state index in [0.29, 0.717) is 12.1 Å². The van der Waals surface area contributed by atoms with Crippen LogP contribution in [0.3, 0.4) is 0 Å². The molecule has 0 bridgehead atoms. The van der Waals surface area contributed by atoms with Gasteiger partial charge in [-0.05, 0) is 41.8 Å². The van der Waals surface area contributed by atoms with E-state index in [4.69, 9.17) is 0 Å². The Hall–Kier alpha value is -2.55. The second kappa shape index (κ2) is 9.30. The maximum Gasteiger partial charge on any atom is 0.416 e. The van der Waals surface area contributed by atoms with Crippen LogP contribution in [0.1, 0.15) is 40.7 Å². The molecule has 1 saturated heterocycles. The van der Waals surface area contributed by atoms with Crippen LogP contribution in [0.2, 0.25) is 0 Å². The van der Waals surface area contributed by atoms with Gasteiger partial charge in [0.1, 0.15) is 17.2 Å². The minimum absolute atomic E-state index is 0.0704. The predicted octanol–water partition coefficient (Wildman–Crippen LogP) is 4.87. The summed E-state index contributed by atoms with van der Waals surface area (Å²) in [4.78, 5) is 27.4. The molecule has 1 aliphatic rings. The van der Waals surface area contributed by atoms with Gasteiger partial charge in [0.15, 0.2) is 0 Å². The third-order valence-electron chi connectivity index (χ3n) is 4.82. The van der Waals surface area contributed by atoms with Crippen molar-refractivity contribution in [2.24, 2.45) is 5.92 Å². The molecule has 2 atom stereocenters. The highest BCUT2D eigenvalue weighted by Crippen LogP contribution is 2.43. The standard InChI is InChI=1S/C22H22F4N2O2S/c1-13(2)11-27-19(29)18-12-31-21(14-6-8-16(9-7-14)22(24,25)26)28(18)20(30)15-4-3-5-17(23)10-15/h3-10,13,18,21H,11-12H2,1-2H3,(H,27,29). The number of benzene rings is 2. The normalized spacial score (nSPS) is 19.0. The van der Waals surface area contributed by atoms with Crippen LogP contribution in [-0.4, -0.2) is 35.1 Å². The van der Waals surface area contributed by atoms with E-state index in [9.17, 15) is 27.2 Å². The van der Waals surface area contributed by atoms with Crippen molar-refractivity contribution in [3.05, 3.63) is 71.0 Å². The van der Waals surface area contributed by atoms with E-state index in [-0.39, 0.29) is 23.1 Å². The number of amides is 2. The Kier molecular flexibility index (Phi) is 6.93. The highest BCUT2D eigenvalue weighted by Gasteiger charge is 2.43. The summed E-state index contributed by atoms with van der Waals surface area (Å²) >= 11 is 1.28. The van der Waals surface area contributed by atoms with Crippen molar-refractivity contribution >= 4 is 23.6 Å². The number of hydrogen-bond donors (Lipinski definition) is 1. The maximum atomic E-state index is 13.7. The molecule has 0 saturated carbocycles. The summed E-state index contributed by atoms with van der Waals surface area (Å²) in [6.45, 7) is 4.29. The number of rotatable bonds is 5. The second-order valence-electron chi connectivity index (χ2n) is 7.68. The molecule has 0 aromatic heterocycles. The monoisotopic (exact) mass is 454 g/mol. The van der Waals surface area contributed by atoms with Crippen LogP contribution in [0, 0.1) is 11.7 Å². The lowest BCUT2D eigenvalue weighted by molar-refractivity contribution is -0.137. The first-order chi connectivity index (χ1) is 14.6. The Morgan fingerprint density at radius 1 is 1.16 bits per heavy atom. The van der Waals surface area contributed by atoms with Gasteiger partial charge < -0.3 is 10.2 Å². The van der Waals surface area contributed by atoms with Gasteiger partial charge >= 0.3 is 6.18 Å². The SMILES string of the molecule is CC(C)CNC(=O)C1CSC(c2ccc(C(F)(F)F)cc2)N1C(=O)c1cccc(F)c1. The minimum atomic E-state index is -4.47. The van der Waals surface area contributed by atoms with Gasteiger partial charge in [-0.25, -0.2) is 4.39 Å². The number of nitrogens with one attached hydrogen (secondary N) is 1. The number of nitrogens with zero attached hydrogens (tertiary/aromatic N) is 1. The van der Waals surface area contributed by atoms with E-state index in [2.05, 4.69) is 5.32 Å². The van der Waals surface area contributed by atoms with Gasteiger partial charge in [0, 0.05) is 17.9 Å². The lowest BCUT2D eigenvalue weighted by atomic mass is 10.1. The van der Waals surface area contributed by atoms with Crippen molar-refractivity contribution < 1.29 is 27.2 Å². The van der Waals surface area contributed by atoms with Crippen molar-refractivity contribution in [3.8, 4) is 0 Å². The Labute approximate surface area is 182 Å². The first-order valence-corrected chi connectivity index (χ1v) is 10.8. The predicted molar refractivity (Wildman–Crippen MR) is 111 cm³/mol. The van der Waals surface area contributed by atoms with Gasteiger partial charge in [-0.15, -0.1) is 11.8 Å². The fraction of sp³-hybridized carbons (Fsp3) is 0.364. The minimum Gasteiger partial charge on any atom is -0.354 e. The second-order valence-corrected chi connectivity index (χ2v) is 8.80. The summed E-state index contributed by atoms with van der Waals surface area (Å²) in [5.74, 6) is -1.02. The number of halogens is 4. The van der Waals surface area contributed by atoms with Crippen molar-refractivity contribution in [2.75, 3.05) is 12.3 Å². The van der Waals surface area contributed by atoms with Gasteiger partial charge in [-0.1, -0.05) is 32.0 Å². The highest BCUT2D eigenvalue weighted by atomic mass is 32.2. The van der Waals surface area contributed by atoms with Gasteiger partial charge in [-0.2, -0.15) is 13.2 Å². The lowest BCUT2D eigenvalue weighted by Gasteiger charge is -2.29. The molecule has 9 heteroatoms. The van der Waals surface area contributed by atoms with Crippen LogP contribution < -0.4 is 5.32 Å². The number of alkyl halides is 3. The van der Waals surface area contributed by atoms with E-state index in [1.807, 2.05) is 13.8 Å². The summed E-state index contributed by atoms with van der Waals surface area (Å²) < 4.78 is 52.5. The van der Waals surface area contributed by atoms with Gasteiger partial charge in [-0.3, -0.25) is 9.59 Å². The molecule has 1 aliphatic heterocycles. The molecule has 31 heavy (non-hydrogen) atoms. The summed E-state index contributed by atoms with van der Waals surface area (Å²) in [6.07, 6.45) is -4.47. The fourth-order valence-electron chi connectivity index (χ4n) is 3.24. The third kappa shape index (κ3) is 5.39. The van der Waals surface area contributed by atoms with Gasteiger partial charge in [0.25, 0.3) is 5.91 Å². The number of carbonyl (C=O) groups excluding carboxylic acids is 2. The smallest absolute Gasteiger partial charge is 0.354 e. The zero-order valence-corrected chi connectivity index (χ0v) is 17.8. The molecule has 166 valence electrons. The fourth-order valence-corrected chi connectivity index (χ4v) is 4.67. The summed E-state index contributed by atoms with van der Waals surface area (Å²) in [5, 5.41) is 2.13. The van der Waals surface area contributed by atoms with E-state index in [0.717, 1.165) is 18.2 Å². The molecular formula is C22H22F4N2O2S. The number of thioether (sulfide) groups is 1. The van der Waals surface area contributed by atoms with Crippen LogP contribution in [0.15, 0.2) is 48.5 Å².